The van der Waals surface area contributed by atoms with Crippen molar-refractivity contribution in [3.63, 3.8) is 0 Å². The number of carbonyl (C=O) groups excluding carboxylic acids is 1. The number of rotatable bonds is 9. The second-order valence-electron chi connectivity index (χ2n) is 4.54. The van der Waals surface area contributed by atoms with Gasteiger partial charge in [0, 0.05) is 18.7 Å². The highest BCUT2D eigenvalue weighted by molar-refractivity contribution is 5.93. The molecule has 0 unspecified atom stereocenters. The number of nitrogens with one attached hydrogen (secondary N) is 1. The summed E-state index contributed by atoms with van der Waals surface area (Å²) in [6.07, 6.45) is 1.41. The van der Waals surface area contributed by atoms with Gasteiger partial charge >= 0.3 is 5.97 Å². The molecule has 0 radical (unpaired) electrons. The molecule has 0 bridgehead atoms. The van der Waals surface area contributed by atoms with Crippen molar-refractivity contribution in [2.75, 3.05) is 25.1 Å². The lowest BCUT2D eigenvalue weighted by molar-refractivity contribution is -0.392. The van der Waals surface area contributed by atoms with Gasteiger partial charge in [-0.3, -0.25) is 20.2 Å². The molecule has 2 N–H and O–H groups in total. The van der Waals surface area contributed by atoms with Crippen LogP contribution in [0, 0.1) is 20.2 Å². The van der Waals surface area contributed by atoms with Crippen LogP contribution in [-0.4, -0.2) is 40.7 Å². The summed E-state index contributed by atoms with van der Waals surface area (Å²) in [6, 6.07) is 1.84. The van der Waals surface area contributed by atoms with Crippen LogP contribution in [0.1, 0.15) is 30.1 Å². The van der Waals surface area contributed by atoms with Gasteiger partial charge in [0.2, 0.25) is 0 Å². The minimum atomic E-state index is -0.863. The van der Waals surface area contributed by atoms with Gasteiger partial charge in [-0.15, -0.1) is 0 Å². The second-order valence-corrected chi connectivity index (χ2v) is 4.54. The van der Waals surface area contributed by atoms with E-state index >= 15 is 0 Å². The average molecular weight is 327 g/mol. The van der Waals surface area contributed by atoms with Gasteiger partial charge in [-0.1, -0.05) is 13.3 Å². The first-order valence-corrected chi connectivity index (χ1v) is 6.91. The van der Waals surface area contributed by atoms with Crippen LogP contribution in [0.3, 0.4) is 0 Å². The number of nitrogens with zero attached hydrogens (tertiary/aromatic N) is 2. The van der Waals surface area contributed by atoms with Gasteiger partial charge in [0.05, 0.1) is 28.6 Å². The van der Waals surface area contributed by atoms with E-state index in [0.29, 0.717) is 6.42 Å². The molecule has 126 valence electrons. The van der Waals surface area contributed by atoms with E-state index < -0.39 is 27.2 Å². The molecule has 10 heteroatoms. The number of anilines is 1. The molecular weight excluding hydrogens is 310 g/mol. The van der Waals surface area contributed by atoms with E-state index in [1.165, 1.54) is 0 Å². The van der Waals surface area contributed by atoms with Crippen LogP contribution in [0.4, 0.5) is 17.1 Å². The topological polar surface area (TPSA) is 145 Å². The Kier molecular flexibility index (Phi) is 6.87. The standard InChI is InChI=1S/C13H17N3O7/c1-2-3-6-23-13(18)9-7-10(15(19)20)12(14-4-5-17)11(8-9)16(21)22/h7-8,14,17H,2-6H2,1H3. The number of benzene rings is 1. The van der Waals surface area contributed by atoms with Crippen LogP contribution < -0.4 is 5.32 Å². The zero-order valence-corrected chi connectivity index (χ0v) is 12.5. The smallest absolute Gasteiger partial charge is 0.338 e. The number of aliphatic hydroxyl groups is 1. The highest BCUT2D eigenvalue weighted by Crippen LogP contribution is 2.35. The molecule has 23 heavy (non-hydrogen) atoms. The van der Waals surface area contributed by atoms with E-state index in [2.05, 4.69) is 5.32 Å². The number of nitro benzene ring substituents is 2. The normalized spacial score (nSPS) is 10.2. The first kappa shape index (κ1) is 18.3. The Morgan fingerprint density at radius 3 is 2.26 bits per heavy atom. The van der Waals surface area contributed by atoms with E-state index in [9.17, 15) is 25.0 Å². The molecule has 0 aliphatic rings. The van der Waals surface area contributed by atoms with Crippen molar-refractivity contribution in [2.24, 2.45) is 0 Å². The number of aliphatic hydroxyl groups excluding tert-OH is 1. The molecule has 0 spiro atoms. The molecule has 0 fully saturated rings. The Morgan fingerprint density at radius 2 is 1.83 bits per heavy atom. The van der Waals surface area contributed by atoms with Crippen molar-refractivity contribution >= 4 is 23.0 Å². The van der Waals surface area contributed by atoms with E-state index in [-0.39, 0.29) is 31.0 Å². The fourth-order valence-corrected chi connectivity index (χ4v) is 1.77. The van der Waals surface area contributed by atoms with Crippen molar-refractivity contribution in [3.8, 4) is 0 Å². The Balaban J connectivity index is 3.26. The van der Waals surface area contributed by atoms with Gasteiger partial charge in [-0.2, -0.15) is 0 Å². The third-order valence-corrected chi connectivity index (χ3v) is 2.87. The van der Waals surface area contributed by atoms with Crippen LogP contribution in [0.5, 0.6) is 0 Å². The Labute approximate surface area is 131 Å². The van der Waals surface area contributed by atoms with Crippen LogP contribution in [0.2, 0.25) is 0 Å². The lowest BCUT2D eigenvalue weighted by Gasteiger charge is -2.09. The number of hydrogen-bond acceptors (Lipinski definition) is 8. The molecule has 0 heterocycles. The monoisotopic (exact) mass is 327 g/mol. The van der Waals surface area contributed by atoms with Gasteiger partial charge in [0.1, 0.15) is 0 Å². The van der Waals surface area contributed by atoms with Crippen molar-refractivity contribution in [3.05, 3.63) is 37.9 Å². The summed E-state index contributed by atoms with van der Waals surface area (Å²) < 4.78 is 4.91. The van der Waals surface area contributed by atoms with E-state index in [0.717, 1.165) is 18.6 Å². The van der Waals surface area contributed by atoms with Gasteiger partial charge in [0.15, 0.2) is 5.69 Å². The SMILES string of the molecule is CCCCOC(=O)c1cc([N+](=O)[O-])c(NCCO)c([N+](=O)[O-])c1. The first-order chi connectivity index (χ1) is 10.9. The molecule has 0 atom stereocenters. The molecule has 1 aromatic rings. The van der Waals surface area contributed by atoms with Crippen LogP contribution >= 0.6 is 0 Å². The zero-order valence-electron chi connectivity index (χ0n) is 12.5. The summed E-state index contributed by atoms with van der Waals surface area (Å²) in [5.41, 5.74) is -1.89. The Bertz CT molecular complexity index is 568. The highest BCUT2D eigenvalue weighted by atomic mass is 16.6. The zero-order chi connectivity index (χ0) is 17.4. The summed E-state index contributed by atoms with van der Waals surface area (Å²) in [6.45, 7) is 1.55. The molecule has 1 aromatic carbocycles. The first-order valence-electron chi connectivity index (χ1n) is 6.91. The minimum absolute atomic E-state index is 0.109. The number of unbranched alkanes of at least 4 members (excludes halogenated alkanes) is 1. The Hall–Kier alpha value is -2.75. The summed E-state index contributed by atoms with van der Waals surface area (Å²) in [5, 5.41) is 33.4. The third-order valence-electron chi connectivity index (χ3n) is 2.87. The maximum atomic E-state index is 11.9. The maximum absolute atomic E-state index is 11.9. The van der Waals surface area contributed by atoms with Crippen LogP contribution in [-0.2, 0) is 4.74 Å². The molecular formula is C13H17N3O7. The summed E-state index contributed by atoms with van der Waals surface area (Å²) in [5.74, 6) is -0.863. The quantitative estimate of drug-likeness (QED) is 0.302. The molecule has 10 nitrogen and oxygen atoms in total. The van der Waals surface area contributed by atoms with E-state index in [1.54, 1.807) is 0 Å². The fourth-order valence-electron chi connectivity index (χ4n) is 1.77. The van der Waals surface area contributed by atoms with Gasteiger partial charge in [-0.05, 0) is 6.42 Å². The van der Waals surface area contributed by atoms with E-state index in [4.69, 9.17) is 9.84 Å². The lowest BCUT2D eigenvalue weighted by atomic mass is 10.1. The molecule has 0 aliphatic heterocycles. The van der Waals surface area contributed by atoms with Crippen molar-refractivity contribution < 1.29 is 24.5 Å². The largest absolute Gasteiger partial charge is 0.462 e. The van der Waals surface area contributed by atoms with Gasteiger partial charge < -0.3 is 15.2 Å². The molecule has 0 aliphatic carbocycles. The third kappa shape index (κ3) is 4.88. The second kappa shape index (κ2) is 8.63. The highest BCUT2D eigenvalue weighted by Gasteiger charge is 2.28. The summed E-state index contributed by atoms with van der Waals surface area (Å²) >= 11 is 0. The number of carbonyl (C=O) groups is 1. The van der Waals surface area contributed by atoms with Crippen LogP contribution in [0.15, 0.2) is 12.1 Å². The van der Waals surface area contributed by atoms with Crippen LogP contribution in [0.25, 0.3) is 0 Å². The number of ether oxygens (including phenoxy) is 1. The van der Waals surface area contributed by atoms with Gasteiger partial charge in [-0.25, -0.2) is 4.79 Å². The van der Waals surface area contributed by atoms with E-state index in [1.807, 2.05) is 6.92 Å². The van der Waals surface area contributed by atoms with Crippen molar-refractivity contribution in [1.29, 1.82) is 0 Å². The Morgan fingerprint density at radius 1 is 1.26 bits per heavy atom. The fraction of sp³-hybridized carbons (Fsp3) is 0.462. The number of esters is 1. The molecule has 0 amide bonds. The summed E-state index contributed by atoms with van der Waals surface area (Å²) in [4.78, 5) is 32.4. The predicted octanol–water partition coefficient (Wildman–Crippen LogP) is 1.86. The molecule has 0 saturated carbocycles. The number of nitro groups is 2. The molecule has 1 rings (SSSR count). The predicted molar refractivity (Wildman–Crippen MR) is 80.5 cm³/mol. The minimum Gasteiger partial charge on any atom is -0.462 e. The van der Waals surface area contributed by atoms with Crippen molar-refractivity contribution in [2.45, 2.75) is 19.8 Å². The summed E-state index contributed by atoms with van der Waals surface area (Å²) in [7, 11) is 0. The van der Waals surface area contributed by atoms with Gasteiger partial charge in [0.25, 0.3) is 11.4 Å². The lowest BCUT2D eigenvalue weighted by Crippen LogP contribution is -2.12. The van der Waals surface area contributed by atoms with Crippen molar-refractivity contribution in [1.82, 2.24) is 0 Å². The number of hydrogen-bond donors (Lipinski definition) is 2. The average Bonchev–Trinajstić information content (AvgIpc) is 2.51. The molecule has 0 aromatic heterocycles. The molecule has 0 saturated heterocycles. The maximum Gasteiger partial charge on any atom is 0.338 e.